The van der Waals surface area contributed by atoms with Crippen LogP contribution < -0.4 is 10.1 Å². The molecule has 1 unspecified atom stereocenters. The molecule has 2 fully saturated rings. The molecule has 190 valence electrons. The molecule has 0 radical (unpaired) electrons. The lowest BCUT2D eigenvalue weighted by Crippen LogP contribution is -2.49. The van der Waals surface area contributed by atoms with Gasteiger partial charge in [0.1, 0.15) is 29.3 Å². The van der Waals surface area contributed by atoms with Gasteiger partial charge in [-0.15, -0.1) is 0 Å². The highest BCUT2D eigenvalue weighted by Gasteiger charge is 2.42. The van der Waals surface area contributed by atoms with E-state index in [9.17, 15) is 19.6 Å². The standard InChI is InChI=1S/C28H29N5O4/c1-37-26-9-3-7-22-21(26)13-23(32-22)28(36)33-16-19(18-6-4-10-30-15-18)12-24(33)27(35)31-20(14-29)11-17-5-2-8-25(17)34/h3-4,6-7,9-10,13,15,17,19-20,24,32H,2,5,8,11-12,16H2,1H3,(H,31,35)/t17-,19?,20-,24-/m0/s1. The van der Waals surface area contributed by atoms with Crippen LogP contribution in [0.25, 0.3) is 10.9 Å². The molecule has 2 N–H and O–H groups in total. The van der Waals surface area contributed by atoms with Crippen LogP contribution in [0.3, 0.4) is 0 Å². The van der Waals surface area contributed by atoms with Crippen molar-refractivity contribution in [3.8, 4) is 11.8 Å². The van der Waals surface area contributed by atoms with Gasteiger partial charge in [-0.05, 0) is 55.5 Å². The van der Waals surface area contributed by atoms with Crippen LogP contribution in [-0.4, -0.2) is 58.2 Å². The van der Waals surface area contributed by atoms with Gasteiger partial charge in [0.15, 0.2) is 0 Å². The Morgan fingerprint density at radius 2 is 2.19 bits per heavy atom. The normalized spacial score (nSPS) is 22.1. The minimum Gasteiger partial charge on any atom is -0.496 e. The molecule has 3 heterocycles. The van der Waals surface area contributed by atoms with Crippen LogP contribution in [0.5, 0.6) is 5.75 Å². The average Bonchev–Trinajstić information content (AvgIpc) is 3.66. The van der Waals surface area contributed by atoms with E-state index >= 15 is 0 Å². The molecule has 1 aliphatic carbocycles. The van der Waals surface area contributed by atoms with Crippen molar-refractivity contribution in [1.29, 1.82) is 5.26 Å². The van der Waals surface area contributed by atoms with E-state index in [0.29, 0.717) is 37.3 Å². The second kappa shape index (κ2) is 10.4. The fourth-order valence-electron chi connectivity index (χ4n) is 5.58. The number of ether oxygens (including phenoxy) is 1. The molecular weight excluding hydrogens is 470 g/mol. The number of benzene rings is 1. The predicted molar refractivity (Wildman–Crippen MR) is 136 cm³/mol. The molecule has 9 heteroatoms. The molecule has 2 aliphatic rings. The minimum absolute atomic E-state index is 0.0794. The third kappa shape index (κ3) is 4.92. The van der Waals surface area contributed by atoms with Crippen molar-refractivity contribution in [2.75, 3.05) is 13.7 Å². The lowest BCUT2D eigenvalue weighted by Gasteiger charge is -2.25. The van der Waals surface area contributed by atoms with E-state index < -0.39 is 12.1 Å². The first-order valence-electron chi connectivity index (χ1n) is 12.6. The molecule has 3 aromatic rings. The maximum Gasteiger partial charge on any atom is 0.271 e. The summed E-state index contributed by atoms with van der Waals surface area (Å²) in [4.78, 5) is 48.2. The molecule has 9 nitrogen and oxygen atoms in total. The van der Waals surface area contributed by atoms with Crippen LogP contribution in [0.15, 0.2) is 48.8 Å². The highest BCUT2D eigenvalue weighted by atomic mass is 16.5. The fraction of sp³-hybridized carbons (Fsp3) is 0.393. The van der Waals surface area contributed by atoms with Crippen LogP contribution in [0.2, 0.25) is 0 Å². The number of ketones is 1. The third-order valence-electron chi connectivity index (χ3n) is 7.52. The first-order valence-corrected chi connectivity index (χ1v) is 12.6. The third-order valence-corrected chi connectivity index (χ3v) is 7.52. The number of pyridine rings is 1. The van der Waals surface area contributed by atoms with E-state index in [1.54, 1.807) is 30.5 Å². The molecule has 5 rings (SSSR count). The monoisotopic (exact) mass is 499 g/mol. The number of nitrogens with one attached hydrogen (secondary N) is 2. The Morgan fingerprint density at radius 1 is 1.32 bits per heavy atom. The van der Waals surface area contributed by atoms with Gasteiger partial charge >= 0.3 is 0 Å². The topological polar surface area (TPSA) is 128 Å². The van der Waals surface area contributed by atoms with Gasteiger partial charge in [0.25, 0.3) is 5.91 Å². The number of Topliss-reactive ketones (excluding diaryl/α,β-unsaturated/α-hetero) is 1. The summed E-state index contributed by atoms with van der Waals surface area (Å²) in [7, 11) is 1.58. The highest BCUT2D eigenvalue weighted by Crippen LogP contribution is 2.34. The molecule has 1 saturated heterocycles. The summed E-state index contributed by atoms with van der Waals surface area (Å²) in [6, 6.07) is 11.6. The Morgan fingerprint density at radius 3 is 2.89 bits per heavy atom. The Hall–Kier alpha value is -4.19. The van der Waals surface area contributed by atoms with Gasteiger partial charge < -0.3 is 19.9 Å². The number of carbonyl (C=O) groups excluding carboxylic acids is 3. The minimum atomic E-state index is -0.786. The van der Waals surface area contributed by atoms with Crippen molar-refractivity contribution >= 4 is 28.5 Å². The molecule has 2 amide bonds. The molecule has 37 heavy (non-hydrogen) atoms. The number of amides is 2. The van der Waals surface area contributed by atoms with Crippen LogP contribution in [0.4, 0.5) is 0 Å². The van der Waals surface area contributed by atoms with Crippen LogP contribution in [0.1, 0.15) is 54.1 Å². The molecule has 1 aliphatic heterocycles. The van der Waals surface area contributed by atoms with E-state index in [4.69, 9.17) is 4.74 Å². The number of aromatic nitrogens is 2. The second-order valence-electron chi connectivity index (χ2n) is 9.78. The molecule has 4 atom stereocenters. The zero-order chi connectivity index (χ0) is 25.9. The van der Waals surface area contributed by atoms with Crippen molar-refractivity contribution in [2.45, 2.75) is 50.1 Å². The van der Waals surface area contributed by atoms with E-state index in [1.807, 2.05) is 30.3 Å². The van der Waals surface area contributed by atoms with E-state index in [-0.39, 0.29) is 29.4 Å². The number of nitriles is 1. The van der Waals surface area contributed by atoms with Crippen molar-refractivity contribution in [2.24, 2.45) is 5.92 Å². The van der Waals surface area contributed by atoms with Gasteiger partial charge in [0, 0.05) is 48.1 Å². The maximum absolute atomic E-state index is 13.7. The Balaban J connectivity index is 1.40. The number of methoxy groups -OCH3 is 1. The molecule has 1 aromatic carbocycles. The number of hydrogen-bond acceptors (Lipinski definition) is 6. The number of nitrogens with zero attached hydrogens (tertiary/aromatic N) is 3. The summed E-state index contributed by atoms with van der Waals surface area (Å²) in [5.41, 5.74) is 2.07. The summed E-state index contributed by atoms with van der Waals surface area (Å²) >= 11 is 0. The van der Waals surface area contributed by atoms with E-state index in [1.165, 1.54) is 0 Å². The van der Waals surface area contributed by atoms with Crippen molar-refractivity contribution in [1.82, 2.24) is 20.2 Å². The SMILES string of the molecule is COc1cccc2[nH]c(C(=O)N3CC(c4cccnc4)C[C@H]3C(=O)N[C@H](C#N)C[C@@H]3CCCC3=O)cc12. The van der Waals surface area contributed by atoms with Gasteiger partial charge in [-0.1, -0.05) is 12.1 Å². The summed E-state index contributed by atoms with van der Waals surface area (Å²) in [6.07, 6.45) is 6.25. The lowest BCUT2D eigenvalue weighted by molar-refractivity contribution is -0.126. The van der Waals surface area contributed by atoms with Gasteiger partial charge in [-0.3, -0.25) is 19.4 Å². The molecular formula is C28H29N5O4. The Labute approximate surface area is 214 Å². The maximum atomic E-state index is 13.7. The van der Waals surface area contributed by atoms with Crippen LogP contribution in [-0.2, 0) is 9.59 Å². The van der Waals surface area contributed by atoms with Gasteiger partial charge in [0.05, 0.1) is 13.2 Å². The summed E-state index contributed by atoms with van der Waals surface area (Å²) in [6.45, 7) is 0.341. The van der Waals surface area contributed by atoms with Gasteiger partial charge in [-0.25, -0.2) is 0 Å². The quantitative estimate of drug-likeness (QED) is 0.513. The molecule has 2 aromatic heterocycles. The number of rotatable bonds is 7. The predicted octanol–water partition coefficient (Wildman–Crippen LogP) is 3.34. The fourth-order valence-corrected chi connectivity index (χ4v) is 5.58. The Kier molecular flexibility index (Phi) is 6.91. The highest BCUT2D eigenvalue weighted by molar-refractivity contribution is 6.02. The van der Waals surface area contributed by atoms with Crippen molar-refractivity contribution in [3.05, 3.63) is 60.0 Å². The zero-order valence-electron chi connectivity index (χ0n) is 20.6. The van der Waals surface area contributed by atoms with Crippen LogP contribution in [0, 0.1) is 17.2 Å². The van der Waals surface area contributed by atoms with Gasteiger partial charge in [-0.2, -0.15) is 5.26 Å². The first kappa shape index (κ1) is 24.5. The molecule has 1 saturated carbocycles. The van der Waals surface area contributed by atoms with Crippen LogP contribution >= 0.6 is 0 Å². The van der Waals surface area contributed by atoms with Crippen molar-refractivity contribution in [3.63, 3.8) is 0 Å². The number of aromatic amines is 1. The Bertz CT molecular complexity index is 1360. The van der Waals surface area contributed by atoms with Gasteiger partial charge in [0.2, 0.25) is 5.91 Å². The van der Waals surface area contributed by atoms with Crippen molar-refractivity contribution < 1.29 is 19.1 Å². The molecule has 0 bridgehead atoms. The second-order valence-corrected chi connectivity index (χ2v) is 9.78. The number of carbonyl (C=O) groups is 3. The summed E-state index contributed by atoms with van der Waals surface area (Å²) < 4.78 is 5.43. The number of likely N-dealkylation sites (tertiary alicyclic amines) is 1. The summed E-state index contributed by atoms with van der Waals surface area (Å²) in [5.74, 6) is -0.164. The number of H-pyrrole nitrogens is 1. The van der Waals surface area contributed by atoms with E-state index in [2.05, 4.69) is 21.4 Å². The summed E-state index contributed by atoms with van der Waals surface area (Å²) in [5, 5.41) is 13.3. The number of hydrogen-bond donors (Lipinski definition) is 2. The first-order chi connectivity index (χ1) is 18.0. The smallest absolute Gasteiger partial charge is 0.271 e. The largest absolute Gasteiger partial charge is 0.496 e. The number of fused-ring (bicyclic) bond motifs is 1. The zero-order valence-corrected chi connectivity index (χ0v) is 20.6. The average molecular weight is 500 g/mol. The molecule has 0 spiro atoms. The lowest BCUT2D eigenvalue weighted by atomic mass is 9.96. The van der Waals surface area contributed by atoms with E-state index in [0.717, 1.165) is 29.3 Å².